The highest BCUT2D eigenvalue weighted by Crippen LogP contribution is 2.24. The van der Waals surface area contributed by atoms with E-state index in [0.29, 0.717) is 6.54 Å². The van der Waals surface area contributed by atoms with Gasteiger partial charge in [-0.3, -0.25) is 4.79 Å². The van der Waals surface area contributed by atoms with E-state index in [-0.39, 0.29) is 12.5 Å². The molecule has 2 rings (SSSR count). The number of ether oxygens (including phenoxy) is 1. The summed E-state index contributed by atoms with van der Waals surface area (Å²) in [5.41, 5.74) is 2.08. The molecule has 0 bridgehead atoms. The van der Waals surface area contributed by atoms with E-state index in [1.807, 2.05) is 54.8 Å². The fourth-order valence-electron chi connectivity index (χ4n) is 2.27. The van der Waals surface area contributed by atoms with Crippen LogP contribution in [0.25, 0.3) is 0 Å². The van der Waals surface area contributed by atoms with Gasteiger partial charge in [0.15, 0.2) is 0 Å². The van der Waals surface area contributed by atoms with E-state index in [2.05, 4.69) is 10.6 Å². The third kappa shape index (κ3) is 5.21. The highest BCUT2D eigenvalue weighted by atomic mass is 32.2. The molecule has 2 N–H and O–H groups in total. The molecule has 0 spiro atoms. The lowest BCUT2D eigenvalue weighted by molar-refractivity contribution is -0.119. The van der Waals surface area contributed by atoms with E-state index in [4.69, 9.17) is 4.74 Å². The van der Waals surface area contributed by atoms with Gasteiger partial charge in [-0.05, 0) is 36.4 Å². The Labute approximate surface area is 141 Å². The van der Waals surface area contributed by atoms with Gasteiger partial charge in [0.05, 0.1) is 13.7 Å². The molecule has 2 aromatic carbocycles. The zero-order valence-electron chi connectivity index (χ0n) is 13.5. The van der Waals surface area contributed by atoms with Crippen LogP contribution in [-0.4, -0.2) is 32.4 Å². The molecule has 0 radical (unpaired) electrons. The van der Waals surface area contributed by atoms with Crippen molar-refractivity contribution in [3.8, 4) is 5.75 Å². The maximum atomic E-state index is 11.9. The van der Waals surface area contributed by atoms with Gasteiger partial charge in [-0.25, -0.2) is 0 Å². The average Bonchev–Trinajstić information content (AvgIpc) is 2.60. The van der Waals surface area contributed by atoms with Crippen molar-refractivity contribution < 1.29 is 9.53 Å². The molecule has 0 unspecified atom stereocenters. The maximum Gasteiger partial charge on any atom is 0.239 e. The molecule has 2 aromatic rings. The first-order valence-electron chi connectivity index (χ1n) is 7.50. The number of thioether (sulfide) groups is 1. The van der Waals surface area contributed by atoms with Gasteiger partial charge in [-0.2, -0.15) is 0 Å². The first-order chi connectivity index (χ1) is 11.2. The summed E-state index contributed by atoms with van der Waals surface area (Å²) in [4.78, 5) is 13.1. The molecule has 0 fully saturated rings. The fraction of sp³-hybridized carbons (Fsp3) is 0.278. The lowest BCUT2D eigenvalue weighted by atomic mass is 10.1. The number of carbonyl (C=O) groups excluding carboxylic acids is 1. The van der Waals surface area contributed by atoms with Gasteiger partial charge in [0, 0.05) is 17.1 Å². The molecule has 0 heterocycles. The van der Waals surface area contributed by atoms with E-state index >= 15 is 0 Å². The number of rotatable bonds is 8. The van der Waals surface area contributed by atoms with Gasteiger partial charge in [0.25, 0.3) is 0 Å². The standard InChI is InChI=1S/C18H22N2O2S/c1-22-16-9-5-3-7-14(16)11-12-19-18(21)13-20-15-8-4-6-10-17(15)23-2/h3-10,20H,11-13H2,1-2H3,(H,19,21). The number of carbonyl (C=O) groups is 1. The van der Waals surface area contributed by atoms with Crippen LogP contribution in [0.2, 0.25) is 0 Å². The van der Waals surface area contributed by atoms with E-state index in [0.717, 1.165) is 28.3 Å². The maximum absolute atomic E-state index is 11.9. The summed E-state index contributed by atoms with van der Waals surface area (Å²) in [6, 6.07) is 15.8. The number of benzene rings is 2. The SMILES string of the molecule is COc1ccccc1CCNC(=O)CNc1ccccc1SC. The van der Waals surface area contributed by atoms with Gasteiger partial charge in [0.1, 0.15) is 5.75 Å². The Balaban J connectivity index is 1.77. The molecule has 5 heteroatoms. The summed E-state index contributed by atoms with van der Waals surface area (Å²) >= 11 is 1.66. The quantitative estimate of drug-likeness (QED) is 0.730. The van der Waals surface area contributed by atoms with E-state index in [9.17, 15) is 4.79 Å². The smallest absolute Gasteiger partial charge is 0.239 e. The molecule has 0 aromatic heterocycles. The van der Waals surface area contributed by atoms with Crippen molar-refractivity contribution in [2.24, 2.45) is 0 Å². The first kappa shape index (κ1) is 17.2. The lowest BCUT2D eigenvalue weighted by Gasteiger charge is -2.11. The third-order valence-electron chi connectivity index (χ3n) is 3.46. The van der Waals surface area contributed by atoms with Gasteiger partial charge in [-0.15, -0.1) is 11.8 Å². The molecule has 122 valence electrons. The highest BCUT2D eigenvalue weighted by molar-refractivity contribution is 7.98. The van der Waals surface area contributed by atoms with Crippen LogP contribution >= 0.6 is 11.8 Å². The predicted molar refractivity (Wildman–Crippen MR) is 96.4 cm³/mol. The van der Waals surface area contributed by atoms with Crippen LogP contribution in [0.4, 0.5) is 5.69 Å². The zero-order chi connectivity index (χ0) is 16.5. The second kappa shape index (κ2) is 9.10. The largest absolute Gasteiger partial charge is 0.496 e. The summed E-state index contributed by atoms with van der Waals surface area (Å²) in [5, 5.41) is 6.10. The Morgan fingerprint density at radius 3 is 2.65 bits per heavy atom. The van der Waals surface area contributed by atoms with Crippen molar-refractivity contribution in [3.63, 3.8) is 0 Å². The van der Waals surface area contributed by atoms with Crippen LogP contribution in [0, 0.1) is 0 Å². The second-order valence-corrected chi connectivity index (χ2v) is 5.81. The number of hydrogen-bond donors (Lipinski definition) is 2. The topological polar surface area (TPSA) is 50.4 Å². The Hall–Kier alpha value is -2.14. The fourth-order valence-corrected chi connectivity index (χ4v) is 2.85. The van der Waals surface area contributed by atoms with Crippen LogP contribution in [0.1, 0.15) is 5.56 Å². The second-order valence-electron chi connectivity index (χ2n) is 4.97. The van der Waals surface area contributed by atoms with Crippen molar-refractivity contribution >= 4 is 23.4 Å². The van der Waals surface area contributed by atoms with Crippen molar-refractivity contribution in [1.82, 2.24) is 5.32 Å². The molecular formula is C18H22N2O2S. The van der Waals surface area contributed by atoms with Crippen molar-refractivity contribution in [2.45, 2.75) is 11.3 Å². The molecule has 4 nitrogen and oxygen atoms in total. The molecule has 0 saturated heterocycles. The number of amides is 1. The number of para-hydroxylation sites is 2. The lowest BCUT2D eigenvalue weighted by Crippen LogP contribution is -2.31. The summed E-state index contributed by atoms with van der Waals surface area (Å²) in [6.07, 6.45) is 2.77. The zero-order valence-corrected chi connectivity index (χ0v) is 14.3. The summed E-state index contributed by atoms with van der Waals surface area (Å²) in [6.45, 7) is 0.856. The number of anilines is 1. The summed E-state index contributed by atoms with van der Waals surface area (Å²) < 4.78 is 5.31. The van der Waals surface area contributed by atoms with Crippen LogP contribution in [0.15, 0.2) is 53.4 Å². The minimum Gasteiger partial charge on any atom is -0.496 e. The number of hydrogen-bond acceptors (Lipinski definition) is 4. The van der Waals surface area contributed by atoms with E-state index in [1.54, 1.807) is 18.9 Å². The Bertz CT molecular complexity index is 646. The monoisotopic (exact) mass is 330 g/mol. The molecule has 23 heavy (non-hydrogen) atoms. The van der Waals surface area contributed by atoms with Gasteiger partial charge >= 0.3 is 0 Å². The number of nitrogens with one attached hydrogen (secondary N) is 2. The molecule has 0 aliphatic carbocycles. The van der Waals surface area contributed by atoms with Crippen molar-refractivity contribution in [2.75, 3.05) is 31.8 Å². The predicted octanol–water partition coefficient (Wildman–Crippen LogP) is 3.19. The minimum atomic E-state index is -0.0178. The van der Waals surface area contributed by atoms with Gasteiger partial charge < -0.3 is 15.4 Å². The van der Waals surface area contributed by atoms with E-state index < -0.39 is 0 Å². The molecule has 0 aliphatic rings. The average molecular weight is 330 g/mol. The minimum absolute atomic E-state index is 0.0178. The third-order valence-corrected chi connectivity index (χ3v) is 4.25. The van der Waals surface area contributed by atoms with Crippen LogP contribution in [0.5, 0.6) is 5.75 Å². The summed E-state index contributed by atoms with van der Waals surface area (Å²) in [5.74, 6) is 0.838. The number of methoxy groups -OCH3 is 1. The Morgan fingerprint density at radius 1 is 1.13 bits per heavy atom. The normalized spacial score (nSPS) is 10.2. The van der Waals surface area contributed by atoms with Crippen molar-refractivity contribution in [1.29, 1.82) is 0 Å². The highest BCUT2D eigenvalue weighted by Gasteiger charge is 2.05. The Morgan fingerprint density at radius 2 is 1.87 bits per heavy atom. The first-order valence-corrected chi connectivity index (χ1v) is 8.72. The van der Waals surface area contributed by atoms with Crippen LogP contribution in [0.3, 0.4) is 0 Å². The summed E-state index contributed by atoms with van der Waals surface area (Å²) in [7, 11) is 1.66. The molecular weight excluding hydrogens is 308 g/mol. The van der Waals surface area contributed by atoms with Crippen LogP contribution in [-0.2, 0) is 11.2 Å². The van der Waals surface area contributed by atoms with Gasteiger partial charge in [-0.1, -0.05) is 30.3 Å². The van der Waals surface area contributed by atoms with Crippen molar-refractivity contribution in [3.05, 3.63) is 54.1 Å². The van der Waals surface area contributed by atoms with E-state index in [1.165, 1.54) is 0 Å². The molecule has 1 amide bonds. The Kier molecular flexibility index (Phi) is 6.81. The van der Waals surface area contributed by atoms with Gasteiger partial charge in [0.2, 0.25) is 5.91 Å². The molecule has 0 atom stereocenters. The van der Waals surface area contributed by atoms with Crippen LogP contribution < -0.4 is 15.4 Å². The molecule has 0 saturated carbocycles. The molecule has 0 aliphatic heterocycles.